The second kappa shape index (κ2) is 10.4. The fourth-order valence-corrected chi connectivity index (χ4v) is 6.33. The largest absolute Gasteiger partial charge is 0.508 e. The number of nitrogens with zero attached hydrogens (tertiary/aromatic N) is 2. The van der Waals surface area contributed by atoms with Gasteiger partial charge in [0, 0.05) is 36.8 Å². The lowest BCUT2D eigenvalue weighted by molar-refractivity contribution is -0.153. The summed E-state index contributed by atoms with van der Waals surface area (Å²) in [6.07, 6.45) is 0.117. The van der Waals surface area contributed by atoms with E-state index in [9.17, 15) is 39.6 Å². The van der Waals surface area contributed by atoms with Crippen LogP contribution >= 0.6 is 0 Å². The molecule has 0 aromatic heterocycles. The number of aliphatic hydroxyl groups is 3. The summed E-state index contributed by atoms with van der Waals surface area (Å²) in [4.78, 5) is 55.3. The Morgan fingerprint density at radius 1 is 1.12 bits per heavy atom. The molecule has 0 saturated heterocycles. The summed E-state index contributed by atoms with van der Waals surface area (Å²) < 4.78 is 0. The fraction of sp³-hybridized carbons (Fsp3) is 0.517. The van der Waals surface area contributed by atoms with Crippen LogP contribution in [0.3, 0.4) is 0 Å². The van der Waals surface area contributed by atoms with Crippen LogP contribution in [0.2, 0.25) is 0 Å². The smallest absolute Gasteiger partial charge is 0.255 e. The fourth-order valence-electron chi connectivity index (χ4n) is 6.33. The Morgan fingerprint density at radius 3 is 2.26 bits per heavy atom. The first kappa shape index (κ1) is 31.0. The molecule has 13 nitrogen and oxygen atoms in total. The highest BCUT2D eigenvalue weighted by Gasteiger charge is 2.64. The number of carbonyl (C=O) groups is 4. The van der Waals surface area contributed by atoms with E-state index in [-0.39, 0.29) is 41.7 Å². The Hall–Kier alpha value is -3.94. The Labute approximate surface area is 243 Å². The molecule has 0 bridgehead atoms. The zero-order chi connectivity index (χ0) is 31.6. The average Bonchev–Trinajstić information content (AvgIpc) is 2.85. The van der Waals surface area contributed by atoms with Gasteiger partial charge in [-0.1, -0.05) is 0 Å². The highest BCUT2D eigenvalue weighted by atomic mass is 16.3. The van der Waals surface area contributed by atoms with E-state index >= 15 is 0 Å². The molecule has 2 unspecified atom stereocenters. The van der Waals surface area contributed by atoms with Gasteiger partial charge in [0.15, 0.2) is 11.4 Å². The van der Waals surface area contributed by atoms with Gasteiger partial charge in [-0.15, -0.1) is 0 Å². The number of aromatic hydroxyl groups is 1. The predicted molar refractivity (Wildman–Crippen MR) is 155 cm³/mol. The molecular weight excluding hydrogens is 546 g/mol. The Bertz CT molecular complexity index is 1450. The molecule has 1 aromatic rings. The topological polar surface area (TPSA) is 206 Å². The summed E-state index contributed by atoms with van der Waals surface area (Å²) in [5, 5.41) is 51.3. The van der Waals surface area contributed by atoms with Crippen LogP contribution in [0.15, 0.2) is 23.0 Å². The molecule has 0 heterocycles. The van der Waals surface area contributed by atoms with E-state index in [0.29, 0.717) is 11.3 Å². The first-order valence-corrected chi connectivity index (χ1v) is 13.6. The van der Waals surface area contributed by atoms with Crippen LogP contribution in [0.4, 0.5) is 11.4 Å². The molecule has 3 aliphatic carbocycles. The molecule has 1 fully saturated rings. The summed E-state index contributed by atoms with van der Waals surface area (Å²) in [5.74, 6) is -7.79. The second-order valence-electron chi connectivity index (χ2n) is 12.7. The number of rotatable bonds is 6. The SMILES string of the molecule is CN(C)c1cc(NC(=O)CNC(C)(C)C)c(O)c2c1C[C@H]1CC3[C@H](N(C)C)C(=O)C(C(N)=O)=C(O)C3(O)C(=O)C1=C2O. The monoisotopic (exact) mass is 585 g/mol. The number of phenols is 1. The van der Waals surface area contributed by atoms with E-state index in [1.807, 2.05) is 20.8 Å². The van der Waals surface area contributed by atoms with Crippen molar-refractivity contribution in [1.29, 1.82) is 0 Å². The first-order chi connectivity index (χ1) is 19.3. The molecule has 4 atom stereocenters. The normalized spacial score (nSPS) is 25.7. The lowest BCUT2D eigenvalue weighted by Crippen LogP contribution is -2.65. The third-order valence-corrected chi connectivity index (χ3v) is 8.23. The van der Waals surface area contributed by atoms with Crippen molar-refractivity contribution in [3.63, 3.8) is 0 Å². The van der Waals surface area contributed by atoms with Crippen molar-refractivity contribution in [2.75, 3.05) is 45.0 Å². The van der Waals surface area contributed by atoms with E-state index in [1.165, 1.54) is 4.90 Å². The van der Waals surface area contributed by atoms with E-state index in [4.69, 9.17) is 5.73 Å². The quantitative estimate of drug-likeness (QED) is 0.179. The molecule has 2 amide bonds. The number of hydrogen-bond acceptors (Lipinski definition) is 11. The number of primary amides is 1. The van der Waals surface area contributed by atoms with Gasteiger partial charge in [0.2, 0.25) is 11.7 Å². The number of hydrogen-bond donors (Lipinski definition) is 7. The van der Waals surface area contributed by atoms with Crippen LogP contribution in [-0.2, 0) is 25.6 Å². The number of likely N-dealkylation sites (N-methyl/N-ethyl adjacent to an activating group) is 1. The Balaban J connectivity index is 1.89. The number of carbonyl (C=O) groups excluding carboxylic acids is 4. The van der Waals surface area contributed by atoms with Crippen LogP contribution < -0.4 is 21.3 Å². The summed E-state index contributed by atoms with van der Waals surface area (Å²) in [5.41, 5.74) is 2.11. The number of fused-ring (bicyclic) bond motifs is 3. The minimum Gasteiger partial charge on any atom is -0.508 e. The third-order valence-electron chi connectivity index (χ3n) is 8.23. The molecule has 42 heavy (non-hydrogen) atoms. The Morgan fingerprint density at radius 2 is 1.74 bits per heavy atom. The van der Waals surface area contributed by atoms with E-state index < -0.39 is 69.7 Å². The number of phenolic OH excluding ortho intramolecular Hbond substituents is 1. The molecule has 1 saturated carbocycles. The number of nitrogens with one attached hydrogen (secondary N) is 2. The molecule has 8 N–H and O–H groups in total. The number of aliphatic hydroxyl groups excluding tert-OH is 2. The number of nitrogens with two attached hydrogens (primary N) is 1. The summed E-state index contributed by atoms with van der Waals surface area (Å²) >= 11 is 0. The molecule has 13 heteroatoms. The molecule has 4 rings (SSSR count). The standard InChI is InChI=1S/C29H39N5O8/c1-28(2,3)31-11-17(35)32-15-10-16(33(4)5)13-8-12-9-14-21(34(6)7)24(38)20(27(30)41)26(40)29(14,42)25(39)18(12)23(37)19(13)22(15)36/h10,12,14,21,31,36-37,40,42H,8-9,11H2,1-7H3,(H2,30,41)(H,32,35)/t12-,14?,21-,29?/m0/s1. The highest BCUT2D eigenvalue weighted by molar-refractivity contribution is 6.24. The predicted octanol–water partition coefficient (Wildman–Crippen LogP) is 0.357. The van der Waals surface area contributed by atoms with E-state index in [0.717, 1.165) is 0 Å². The van der Waals surface area contributed by atoms with E-state index in [1.54, 1.807) is 39.2 Å². The van der Waals surface area contributed by atoms with Gasteiger partial charge in [0.05, 0.1) is 23.8 Å². The zero-order valence-corrected chi connectivity index (χ0v) is 24.8. The third kappa shape index (κ3) is 4.80. The van der Waals surface area contributed by atoms with Gasteiger partial charge >= 0.3 is 0 Å². The van der Waals surface area contributed by atoms with Crippen molar-refractivity contribution in [2.24, 2.45) is 17.6 Å². The maximum atomic E-state index is 14.0. The van der Waals surface area contributed by atoms with Gasteiger partial charge in [0.1, 0.15) is 22.8 Å². The van der Waals surface area contributed by atoms with Gasteiger partial charge in [-0.05, 0) is 65.3 Å². The van der Waals surface area contributed by atoms with E-state index in [2.05, 4.69) is 10.6 Å². The van der Waals surface area contributed by atoms with Gasteiger partial charge in [-0.3, -0.25) is 24.1 Å². The summed E-state index contributed by atoms with van der Waals surface area (Å²) in [6.45, 7) is 5.62. The first-order valence-electron chi connectivity index (χ1n) is 13.6. The van der Waals surface area contributed by atoms with Crippen LogP contribution in [0.1, 0.15) is 38.3 Å². The highest BCUT2D eigenvalue weighted by Crippen LogP contribution is 2.54. The lowest BCUT2D eigenvalue weighted by Gasteiger charge is -2.50. The van der Waals surface area contributed by atoms with Crippen molar-refractivity contribution >= 4 is 40.5 Å². The number of amides is 2. The van der Waals surface area contributed by atoms with Gasteiger partial charge in [-0.2, -0.15) is 0 Å². The second-order valence-corrected chi connectivity index (χ2v) is 12.7. The number of benzene rings is 1. The van der Waals surface area contributed by atoms with Gasteiger partial charge < -0.3 is 41.7 Å². The number of Topliss-reactive ketones (excluding diaryl/α,β-unsaturated/α-hetero) is 2. The van der Waals surface area contributed by atoms with Crippen LogP contribution in [0, 0.1) is 11.8 Å². The molecule has 1 aromatic carbocycles. The van der Waals surface area contributed by atoms with Gasteiger partial charge in [-0.25, -0.2) is 0 Å². The van der Waals surface area contributed by atoms with Crippen molar-refractivity contribution in [2.45, 2.75) is 50.8 Å². The zero-order valence-electron chi connectivity index (χ0n) is 24.8. The van der Waals surface area contributed by atoms with Crippen LogP contribution in [0.5, 0.6) is 5.75 Å². The van der Waals surface area contributed by atoms with Crippen molar-refractivity contribution in [3.05, 3.63) is 34.1 Å². The van der Waals surface area contributed by atoms with Crippen LogP contribution in [0.25, 0.3) is 5.76 Å². The minimum atomic E-state index is -2.73. The molecule has 0 aliphatic heterocycles. The Kier molecular flexibility index (Phi) is 7.68. The van der Waals surface area contributed by atoms with Crippen molar-refractivity contribution in [3.8, 4) is 5.75 Å². The average molecular weight is 586 g/mol. The minimum absolute atomic E-state index is 0.00158. The lowest BCUT2D eigenvalue weighted by atomic mass is 9.57. The summed E-state index contributed by atoms with van der Waals surface area (Å²) in [7, 11) is 6.58. The molecule has 0 spiro atoms. The number of anilines is 2. The maximum absolute atomic E-state index is 14.0. The molecular formula is C29H39N5O8. The van der Waals surface area contributed by atoms with Gasteiger partial charge in [0.25, 0.3) is 5.91 Å². The summed E-state index contributed by atoms with van der Waals surface area (Å²) in [6, 6.07) is 0.409. The van der Waals surface area contributed by atoms with Crippen LogP contribution in [-0.4, -0.2) is 101 Å². The van der Waals surface area contributed by atoms with Crippen molar-refractivity contribution in [1.82, 2.24) is 10.2 Å². The number of ketones is 2. The van der Waals surface area contributed by atoms with Crippen molar-refractivity contribution < 1.29 is 39.6 Å². The molecule has 228 valence electrons. The molecule has 0 radical (unpaired) electrons. The molecule has 3 aliphatic rings. The maximum Gasteiger partial charge on any atom is 0.255 e.